The molecular formula is C21H20N2O4S. The van der Waals surface area contributed by atoms with Gasteiger partial charge in [0, 0.05) is 5.39 Å². The highest BCUT2D eigenvalue weighted by Gasteiger charge is 2.22. The molecule has 1 aliphatic carbocycles. The molecule has 2 N–H and O–H groups in total. The summed E-state index contributed by atoms with van der Waals surface area (Å²) in [5, 5.41) is 19.9. The molecule has 3 aromatic rings. The van der Waals surface area contributed by atoms with Crippen molar-refractivity contribution in [2.75, 3.05) is 0 Å². The number of rotatable bonds is 3. The summed E-state index contributed by atoms with van der Waals surface area (Å²) in [5.41, 5.74) is 3.60. The molecule has 1 aliphatic rings. The van der Waals surface area contributed by atoms with Crippen LogP contribution in [0.3, 0.4) is 0 Å². The molecule has 28 heavy (non-hydrogen) atoms. The maximum atomic E-state index is 11.9. The van der Waals surface area contributed by atoms with Crippen molar-refractivity contribution in [3.05, 3.63) is 59.2 Å². The smallest absolute Gasteiger partial charge is 0.296 e. The molecule has 144 valence electrons. The van der Waals surface area contributed by atoms with Crippen molar-refractivity contribution in [2.24, 2.45) is 10.2 Å². The Morgan fingerprint density at radius 2 is 1.71 bits per heavy atom. The van der Waals surface area contributed by atoms with E-state index in [1.165, 1.54) is 23.6 Å². The van der Waals surface area contributed by atoms with Gasteiger partial charge < -0.3 is 5.11 Å². The highest BCUT2D eigenvalue weighted by Crippen LogP contribution is 2.42. The van der Waals surface area contributed by atoms with E-state index >= 15 is 0 Å². The van der Waals surface area contributed by atoms with Gasteiger partial charge in [-0.3, -0.25) is 4.55 Å². The number of aryl methyl sites for hydroxylation is 3. The second-order valence-corrected chi connectivity index (χ2v) is 8.47. The van der Waals surface area contributed by atoms with Gasteiger partial charge in [-0.25, -0.2) is 0 Å². The fourth-order valence-corrected chi connectivity index (χ4v) is 4.42. The molecule has 0 radical (unpaired) electrons. The summed E-state index contributed by atoms with van der Waals surface area (Å²) in [6, 6.07) is 12.3. The monoisotopic (exact) mass is 396 g/mol. The van der Waals surface area contributed by atoms with Gasteiger partial charge in [0.25, 0.3) is 10.1 Å². The van der Waals surface area contributed by atoms with E-state index in [-0.39, 0.29) is 11.4 Å². The van der Waals surface area contributed by atoms with Gasteiger partial charge in [0.2, 0.25) is 0 Å². The number of phenols is 1. The first kappa shape index (κ1) is 18.6. The molecule has 0 saturated heterocycles. The van der Waals surface area contributed by atoms with Crippen LogP contribution in [0.4, 0.5) is 11.4 Å². The highest BCUT2D eigenvalue weighted by molar-refractivity contribution is 7.86. The third kappa shape index (κ3) is 3.39. The number of aromatic hydroxyl groups is 1. The van der Waals surface area contributed by atoms with Crippen LogP contribution in [0.15, 0.2) is 57.6 Å². The van der Waals surface area contributed by atoms with Crippen LogP contribution in [0.1, 0.15) is 29.5 Å². The number of fused-ring (bicyclic) bond motifs is 2. The molecule has 0 bridgehead atoms. The molecule has 0 amide bonds. The molecule has 0 heterocycles. The normalized spacial score (nSPS) is 14.5. The van der Waals surface area contributed by atoms with Gasteiger partial charge in [-0.2, -0.15) is 13.5 Å². The van der Waals surface area contributed by atoms with Crippen molar-refractivity contribution in [1.82, 2.24) is 0 Å². The van der Waals surface area contributed by atoms with E-state index in [1.807, 2.05) is 18.2 Å². The van der Waals surface area contributed by atoms with Gasteiger partial charge in [-0.1, -0.05) is 24.3 Å². The Morgan fingerprint density at radius 3 is 2.46 bits per heavy atom. The van der Waals surface area contributed by atoms with E-state index in [0.29, 0.717) is 16.5 Å². The van der Waals surface area contributed by atoms with Gasteiger partial charge in [-0.05, 0) is 72.9 Å². The fraction of sp³-hybridized carbons (Fsp3) is 0.238. The first-order valence-corrected chi connectivity index (χ1v) is 10.5. The van der Waals surface area contributed by atoms with Crippen LogP contribution >= 0.6 is 0 Å². The number of hydrogen-bond donors (Lipinski definition) is 2. The van der Waals surface area contributed by atoms with Crippen molar-refractivity contribution in [3.8, 4) is 5.75 Å². The van der Waals surface area contributed by atoms with Crippen molar-refractivity contribution < 1.29 is 18.1 Å². The number of hydrogen-bond acceptors (Lipinski definition) is 5. The molecular weight excluding hydrogens is 376 g/mol. The third-order valence-electron chi connectivity index (χ3n) is 5.16. The average molecular weight is 396 g/mol. The number of azo groups is 1. The summed E-state index contributed by atoms with van der Waals surface area (Å²) < 4.78 is 33.4. The molecule has 4 rings (SSSR count). The standard InChI is InChI=1S/C21H20N2O4S/c1-13-5-4-8-16-12-18(28(25,26)27)20(21(24)19(13)16)23-22-17-10-9-14-6-2-3-7-15(14)11-17/h4-5,8-12,24H,2-3,6-7H2,1H3,(H,25,26,27). The van der Waals surface area contributed by atoms with E-state index < -0.39 is 15.0 Å². The van der Waals surface area contributed by atoms with E-state index in [0.717, 1.165) is 24.8 Å². The molecule has 3 aromatic carbocycles. The van der Waals surface area contributed by atoms with Crippen molar-refractivity contribution in [3.63, 3.8) is 0 Å². The Balaban J connectivity index is 1.86. The Hall–Kier alpha value is -2.77. The lowest BCUT2D eigenvalue weighted by Gasteiger charge is -2.15. The molecule has 7 heteroatoms. The summed E-state index contributed by atoms with van der Waals surface area (Å²) in [6.07, 6.45) is 4.33. The number of benzene rings is 3. The predicted octanol–water partition coefficient (Wildman–Crippen LogP) is 5.39. The maximum Gasteiger partial charge on any atom is 0.296 e. The van der Waals surface area contributed by atoms with Gasteiger partial charge in [0.05, 0.1) is 5.69 Å². The zero-order valence-corrected chi connectivity index (χ0v) is 16.2. The Labute approximate surface area is 163 Å². The molecule has 0 unspecified atom stereocenters. The first-order chi connectivity index (χ1) is 13.3. The summed E-state index contributed by atoms with van der Waals surface area (Å²) in [5.74, 6) is -0.315. The second-order valence-electron chi connectivity index (χ2n) is 7.08. The molecule has 0 fully saturated rings. The summed E-state index contributed by atoms with van der Waals surface area (Å²) in [7, 11) is -4.59. The second kappa shape index (κ2) is 7.00. The van der Waals surface area contributed by atoms with Gasteiger partial charge in [-0.15, -0.1) is 5.11 Å². The van der Waals surface area contributed by atoms with Crippen LogP contribution in [0.5, 0.6) is 5.75 Å². The maximum absolute atomic E-state index is 11.9. The third-order valence-corrected chi connectivity index (χ3v) is 6.03. The zero-order valence-electron chi connectivity index (χ0n) is 15.4. The van der Waals surface area contributed by atoms with E-state index in [9.17, 15) is 18.1 Å². The van der Waals surface area contributed by atoms with Crippen LogP contribution in [0, 0.1) is 6.92 Å². The summed E-state index contributed by atoms with van der Waals surface area (Å²) in [4.78, 5) is -0.468. The fourth-order valence-electron chi connectivity index (χ4n) is 3.76. The predicted molar refractivity (Wildman–Crippen MR) is 107 cm³/mol. The minimum atomic E-state index is -4.59. The van der Waals surface area contributed by atoms with Crippen molar-refractivity contribution in [2.45, 2.75) is 37.5 Å². The Bertz CT molecular complexity index is 1220. The summed E-state index contributed by atoms with van der Waals surface area (Å²) in [6.45, 7) is 1.81. The van der Waals surface area contributed by atoms with Crippen LogP contribution in [-0.4, -0.2) is 18.1 Å². The van der Waals surface area contributed by atoms with Crippen LogP contribution in [0.25, 0.3) is 10.8 Å². The molecule has 0 spiro atoms. The highest BCUT2D eigenvalue weighted by atomic mass is 32.2. The van der Waals surface area contributed by atoms with Crippen LogP contribution in [0.2, 0.25) is 0 Å². The lowest BCUT2D eigenvalue weighted by Crippen LogP contribution is -2.01. The van der Waals surface area contributed by atoms with E-state index in [4.69, 9.17) is 0 Å². The molecule has 0 atom stereocenters. The zero-order chi connectivity index (χ0) is 19.9. The van der Waals surface area contributed by atoms with Crippen LogP contribution < -0.4 is 0 Å². The minimum absolute atomic E-state index is 0.262. The molecule has 6 nitrogen and oxygen atoms in total. The molecule has 0 aromatic heterocycles. The van der Waals surface area contributed by atoms with Gasteiger partial charge in [0.1, 0.15) is 10.6 Å². The van der Waals surface area contributed by atoms with Crippen LogP contribution in [-0.2, 0) is 23.0 Å². The SMILES string of the molecule is Cc1cccc2cc(S(=O)(=O)O)c(N=Nc3ccc4c(c3)CCCC4)c(O)c12. The Kier molecular flexibility index (Phi) is 4.64. The minimum Gasteiger partial charge on any atom is -0.505 e. The van der Waals surface area contributed by atoms with E-state index in [1.54, 1.807) is 25.1 Å². The molecule has 0 aliphatic heterocycles. The largest absolute Gasteiger partial charge is 0.505 e. The van der Waals surface area contributed by atoms with Crippen molar-refractivity contribution in [1.29, 1.82) is 0 Å². The lowest BCUT2D eigenvalue weighted by atomic mass is 9.91. The quantitative estimate of drug-likeness (QED) is 0.458. The van der Waals surface area contributed by atoms with E-state index in [2.05, 4.69) is 10.2 Å². The lowest BCUT2D eigenvalue weighted by molar-refractivity contribution is 0.472. The first-order valence-electron chi connectivity index (χ1n) is 9.11. The van der Waals surface area contributed by atoms with Gasteiger partial charge >= 0.3 is 0 Å². The van der Waals surface area contributed by atoms with Crippen molar-refractivity contribution >= 4 is 32.3 Å². The molecule has 0 saturated carbocycles. The number of phenolic OH excluding ortho intramolecular Hbond substituents is 1. The topological polar surface area (TPSA) is 99.3 Å². The Morgan fingerprint density at radius 1 is 0.964 bits per heavy atom. The number of nitrogens with zero attached hydrogens (tertiary/aromatic N) is 2. The summed E-state index contributed by atoms with van der Waals surface area (Å²) >= 11 is 0. The van der Waals surface area contributed by atoms with Gasteiger partial charge in [0.15, 0.2) is 5.75 Å². The average Bonchev–Trinajstić information content (AvgIpc) is 2.66.